The van der Waals surface area contributed by atoms with E-state index in [4.69, 9.17) is 9.47 Å². The molecule has 1 atom stereocenters. The van der Waals surface area contributed by atoms with E-state index in [9.17, 15) is 4.79 Å². The van der Waals surface area contributed by atoms with Crippen LogP contribution in [0.2, 0.25) is 0 Å². The summed E-state index contributed by atoms with van der Waals surface area (Å²) >= 11 is 0. The smallest absolute Gasteiger partial charge is 0.138 e. The third-order valence-electron chi connectivity index (χ3n) is 3.38. The quantitative estimate of drug-likeness (QED) is 0.708. The first-order chi connectivity index (χ1) is 9.31. The topological polar surface area (TPSA) is 35.5 Å². The number of rotatable bonds is 7. The molecule has 0 bridgehead atoms. The van der Waals surface area contributed by atoms with Gasteiger partial charge in [-0.1, -0.05) is 31.2 Å². The van der Waals surface area contributed by atoms with Gasteiger partial charge in [-0.3, -0.25) is 4.79 Å². The number of carbonyl (C=O) groups excluding carboxylic acids is 1. The zero-order valence-corrected chi connectivity index (χ0v) is 11.6. The zero-order chi connectivity index (χ0) is 13.5. The molecule has 0 N–H and O–H groups in total. The zero-order valence-electron chi connectivity index (χ0n) is 11.6. The molecule has 1 heterocycles. The second kappa shape index (κ2) is 7.41. The van der Waals surface area contributed by atoms with Crippen molar-refractivity contribution >= 4 is 5.78 Å². The second-order valence-corrected chi connectivity index (χ2v) is 4.91. The molecule has 1 aliphatic heterocycles. The third kappa shape index (κ3) is 4.15. The highest BCUT2D eigenvalue weighted by Gasteiger charge is 2.22. The van der Waals surface area contributed by atoms with Gasteiger partial charge in [0, 0.05) is 19.4 Å². The van der Waals surface area contributed by atoms with Crippen LogP contribution in [0.4, 0.5) is 0 Å². The Morgan fingerprint density at radius 2 is 2.21 bits per heavy atom. The van der Waals surface area contributed by atoms with Gasteiger partial charge < -0.3 is 9.47 Å². The van der Waals surface area contributed by atoms with Crippen molar-refractivity contribution in [3.8, 4) is 0 Å². The number of ketones is 1. The first kappa shape index (κ1) is 14.2. The van der Waals surface area contributed by atoms with Crippen LogP contribution in [0.5, 0.6) is 0 Å². The molecular weight excluding hydrogens is 240 g/mol. The Morgan fingerprint density at radius 3 is 3.05 bits per heavy atom. The minimum atomic E-state index is -0.0661. The molecule has 1 aromatic rings. The number of benzene rings is 1. The maximum absolute atomic E-state index is 11.9. The van der Waals surface area contributed by atoms with Crippen LogP contribution in [0.25, 0.3) is 0 Å². The normalized spacial score (nSPS) is 18.1. The third-order valence-corrected chi connectivity index (χ3v) is 3.38. The number of hydrogen-bond donors (Lipinski definition) is 0. The predicted octanol–water partition coefficient (Wildman–Crippen LogP) is 3.08. The molecule has 1 aliphatic rings. The van der Waals surface area contributed by atoms with Crippen LogP contribution < -0.4 is 0 Å². The van der Waals surface area contributed by atoms with Gasteiger partial charge in [0.25, 0.3) is 0 Å². The van der Waals surface area contributed by atoms with Crippen molar-refractivity contribution in [2.45, 2.75) is 38.7 Å². The Hall–Kier alpha value is -1.19. The summed E-state index contributed by atoms with van der Waals surface area (Å²) in [4.78, 5) is 11.9. The number of fused-ring (bicyclic) bond motifs is 1. The van der Waals surface area contributed by atoms with E-state index in [0.29, 0.717) is 26.1 Å². The molecule has 2 rings (SSSR count). The van der Waals surface area contributed by atoms with E-state index in [1.807, 2.05) is 12.1 Å². The van der Waals surface area contributed by atoms with Crippen LogP contribution in [0, 0.1) is 0 Å². The van der Waals surface area contributed by atoms with Crippen LogP contribution in [-0.4, -0.2) is 25.6 Å². The summed E-state index contributed by atoms with van der Waals surface area (Å²) in [6, 6.07) is 8.25. The average molecular weight is 262 g/mol. The van der Waals surface area contributed by atoms with Crippen molar-refractivity contribution in [2.24, 2.45) is 0 Å². The van der Waals surface area contributed by atoms with Gasteiger partial charge in [-0.25, -0.2) is 0 Å². The minimum absolute atomic E-state index is 0.0661. The maximum Gasteiger partial charge on any atom is 0.138 e. The molecule has 104 valence electrons. The highest BCUT2D eigenvalue weighted by atomic mass is 16.5. The van der Waals surface area contributed by atoms with Crippen molar-refractivity contribution in [3.63, 3.8) is 0 Å². The SMILES string of the molecule is CCCOCCC(=O)CC1OCCc2ccccc21. The monoisotopic (exact) mass is 262 g/mol. The molecule has 3 nitrogen and oxygen atoms in total. The van der Waals surface area contributed by atoms with Gasteiger partial charge >= 0.3 is 0 Å². The molecule has 0 amide bonds. The molecule has 19 heavy (non-hydrogen) atoms. The lowest BCUT2D eigenvalue weighted by atomic mass is 9.94. The number of hydrogen-bond acceptors (Lipinski definition) is 3. The largest absolute Gasteiger partial charge is 0.381 e. The Kier molecular flexibility index (Phi) is 5.55. The summed E-state index contributed by atoms with van der Waals surface area (Å²) in [5.74, 6) is 0.220. The Morgan fingerprint density at radius 1 is 1.37 bits per heavy atom. The van der Waals surface area contributed by atoms with Gasteiger partial charge in [0.2, 0.25) is 0 Å². The first-order valence-corrected chi connectivity index (χ1v) is 7.10. The van der Waals surface area contributed by atoms with Crippen molar-refractivity contribution in [2.75, 3.05) is 19.8 Å². The summed E-state index contributed by atoms with van der Waals surface area (Å²) in [6.07, 6.45) is 2.83. The van der Waals surface area contributed by atoms with Crippen LogP contribution in [-0.2, 0) is 20.7 Å². The van der Waals surface area contributed by atoms with Gasteiger partial charge in [0.1, 0.15) is 5.78 Å². The summed E-state index contributed by atoms with van der Waals surface area (Å²) < 4.78 is 11.1. The van der Waals surface area contributed by atoms with Gasteiger partial charge in [0.15, 0.2) is 0 Å². The number of Topliss-reactive ketones (excluding diaryl/α,β-unsaturated/α-hetero) is 1. The van der Waals surface area contributed by atoms with E-state index >= 15 is 0 Å². The highest BCUT2D eigenvalue weighted by Crippen LogP contribution is 2.29. The summed E-state index contributed by atoms with van der Waals surface area (Å²) in [7, 11) is 0. The van der Waals surface area contributed by atoms with Crippen molar-refractivity contribution in [1.29, 1.82) is 0 Å². The molecule has 1 aromatic carbocycles. The van der Waals surface area contributed by atoms with Crippen LogP contribution in [0.1, 0.15) is 43.4 Å². The number of carbonyl (C=O) groups is 1. The van der Waals surface area contributed by atoms with E-state index in [-0.39, 0.29) is 11.9 Å². The molecule has 1 unspecified atom stereocenters. The molecule has 3 heteroatoms. The molecule has 0 aliphatic carbocycles. The number of ether oxygens (including phenoxy) is 2. The van der Waals surface area contributed by atoms with Gasteiger partial charge in [-0.2, -0.15) is 0 Å². The van der Waals surface area contributed by atoms with E-state index in [1.165, 1.54) is 11.1 Å². The summed E-state index contributed by atoms with van der Waals surface area (Å²) in [6.45, 7) is 4.03. The molecular formula is C16H22O3. The van der Waals surface area contributed by atoms with Crippen molar-refractivity contribution in [1.82, 2.24) is 0 Å². The lowest BCUT2D eigenvalue weighted by Gasteiger charge is -2.25. The fourth-order valence-corrected chi connectivity index (χ4v) is 2.39. The molecule has 0 fully saturated rings. The van der Waals surface area contributed by atoms with Crippen LogP contribution in [0.15, 0.2) is 24.3 Å². The van der Waals surface area contributed by atoms with Gasteiger partial charge in [-0.15, -0.1) is 0 Å². The van der Waals surface area contributed by atoms with Crippen molar-refractivity contribution < 1.29 is 14.3 Å². The predicted molar refractivity (Wildman–Crippen MR) is 74.2 cm³/mol. The Bertz CT molecular complexity index is 414. The maximum atomic E-state index is 11.9. The highest BCUT2D eigenvalue weighted by molar-refractivity contribution is 5.79. The lowest BCUT2D eigenvalue weighted by Crippen LogP contribution is -2.19. The van der Waals surface area contributed by atoms with E-state index in [2.05, 4.69) is 19.1 Å². The second-order valence-electron chi connectivity index (χ2n) is 4.91. The lowest BCUT2D eigenvalue weighted by molar-refractivity contribution is -0.123. The average Bonchev–Trinajstić information content (AvgIpc) is 2.44. The first-order valence-electron chi connectivity index (χ1n) is 7.10. The van der Waals surface area contributed by atoms with Gasteiger partial charge in [0.05, 0.1) is 19.3 Å². The molecule has 0 aromatic heterocycles. The summed E-state index contributed by atoms with van der Waals surface area (Å²) in [5, 5.41) is 0. The molecule has 0 saturated carbocycles. The molecule has 0 saturated heterocycles. The fourth-order valence-electron chi connectivity index (χ4n) is 2.39. The molecule has 0 radical (unpaired) electrons. The van der Waals surface area contributed by atoms with E-state index < -0.39 is 0 Å². The van der Waals surface area contributed by atoms with Crippen LogP contribution >= 0.6 is 0 Å². The van der Waals surface area contributed by atoms with Gasteiger partial charge in [-0.05, 0) is 24.0 Å². The summed E-state index contributed by atoms with van der Waals surface area (Å²) in [5.41, 5.74) is 2.49. The van der Waals surface area contributed by atoms with E-state index in [0.717, 1.165) is 19.4 Å². The van der Waals surface area contributed by atoms with E-state index in [1.54, 1.807) is 0 Å². The molecule has 0 spiro atoms. The standard InChI is InChI=1S/C16H22O3/c1-2-9-18-10-8-14(17)12-16-15-6-4-3-5-13(15)7-11-19-16/h3-6,16H,2,7-12H2,1H3. The fraction of sp³-hybridized carbons (Fsp3) is 0.562. The minimum Gasteiger partial charge on any atom is -0.381 e. The van der Waals surface area contributed by atoms with Crippen molar-refractivity contribution in [3.05, 3.63) is 35.4 Å². The van der Waals surface area contributed by atoms with Crippen LogP contribution in [0.3, 0.4) is 0 Å². The Labute approximate surface area is 114 Å². The Balaban J connectivity index is 1.85.